The summed E-state index contributed by atoms with van der Waals surface area (Å²) in [5.74, 6) is 0.227. The van der Waals surface area contributed by atoms with Crippen LogP contribution >= 0.6 is 11.8 Å². The molecule has 2 aromatic carbocycles. The largest absolute Gasteiger partial charge is 0.378 e. The van der Waals surface area contributed by atoms with Crippen LogP contribution in [0.3, 0.4) is 0 Å². The predicted molar refractivity (Wildman–Crippen MR) is 105 cm³/mol. The molecular weight excluding hydrogens is 332 g/mol. The second kappa shape index (κ2) is 7.15. The van der Waals surface area contributed by atoms with Crippen LogP contribution in [0.25, 0.3) is 5.57 Å². The van der Waals surface area contributed by atoms with E-state index in [1.165, 1.54) is 16.7 Å². The minimum atomic E-state index is -0.261. The van der Waals surface area contributed by atoms with Gasteiger partial charge in [-0.1, -0.05) is 43.3 Å². The molecule has 128 valence electrons. The molecule has 0 bridgehead atoms. The number of hydrogen-bond acceptors (Lipinski definition) is 4. The summed E-state index contributed by atoms with van der Waals surface area (Å²) in [7, 11) is 3.86. The van der Waals surface area contributed by atoms with Crippen LogP contribution in [0.2, 0.25) is 0 Å². The van der Waals surface area contributed by atoms with Gasteiger partial charge in [-0.05, 0) is 29.5 Å². The highest BCUT2D eigenvalue weighted by molar-refractivity contribution is 8.04. The van der Waals surface area contributed by atoms with E-state index in [1.807, 2.05) is 74.4 Å². The van der Waals surface area contributed by atoms with E-state index in [-0.39, 0.29) is 11.8 Å². The molecule has 0 spiro atoms. The number of thioether (sulfide) groups is 1. The van der Waals surface area contributed by atoms with Crippen molar-refractivity contribution < 1.29 is 9.59 Å². The zero-order valence-corrected chi connectivity index (χ0v) is 15.3. The van der Waals surface area contributed by atoms with Crippen LogP contribution in [0.4, 0.5) is 11.4 Å². The number of nitrogens with zero attached hydrogens (tertiary/aromatic N) is 2. The number of amides is 2. The Morgan fingerprint density at radius 3 is 2.32 bits per heavy atom. The molecule has 0 aliphatic carbocycles. The molecule has 0 unspecified atom stereocenters. The van der Waals surface area contributed by atoms with Crippen molar-refractivity contribution in [1.29, 1.82) is 0 Å². The van der Waals surface area contributed by atoms with Crippen molar-refractivity contribution in [2.24, 2.45) is 0 Å². The number of imide groups is 1. The van der Waals surface area contributed by atoms with Crippen LogP contribution in [0.1, 0.15) is 12.5 Å². The molecule has 2 aromatic rings. The first-order valence-electron chi connectivity index (χ1n) is 8.13. The Morgan fingerprint density at radius 2 is 1.68 bits per heavy atom. The summed E-state index contributed by atoms with van der Waals surface area (Å²) in [5.41, 5.74) is 2.81. The van der Waals surface area contributed by atoms with Crippen LogP contribution in [0.15, 0.2) is 59.5 Å². The molecule has 3 rings (SSSR count). The Labute approximate surface area is 152 Å². The van der Waals surface area contributed by atoms with Gasteiger partial charge in [0.2, 0.25) is 0 Å². The van der Waals surface area contributed by atoms with E-state index < -0.39 is 0 Å². The van der Waals surface area contributed by atoms with Crippen LogP contribution in [0.5, 0.6) is 0 Å². The van der Waals surface area contributed by atoms with E-state index in [1.54, 1.807) is 6.07 Å². The van der Waals surface area contributed by atoms with Gasteiger partial charge in [0.15, 0.2) is 0 Å². The van der Waals surface area contributed by atoms with Crippen LogP contribution in [-0.2, 0) is 9.59 Å². The lowest BCUT2D eigenvalue weighted by atomic mass is 10.1. The third kappa shape index (κ3) is 3.20. The molecule has 1 aliphatic rings. The Hall–Kier alpha value is -2.53. The van der Waals surface area contributed by atoms with Crippen molar-refractivity contribution in [3.8, 4) is 0 Å². The van der Waals surface area contributed by atoms with Gasteiger partial charge in [-0.25, -0.2) is 4.90 Å². The zero-order valence-electron chi connectivity index (χ0n) is 14.5. The van der Waals surface area contributed by atoms with Gasteiger partial charge >= 0.3 is 0 Å². The van der Waals surface area contributed by atoms with Gasteiger partial charge in [-0.2, -0.15) is 0 Å². The highest BCUT2D eigenvalue weighted by atomic mass is 32.2. The molecule has 2 amide bonds. The first kappa shape index (κ1) is 17.3. The number of benzene rings is 2. The Morgan fingerprint density at radius 1 is 0.960 bits per heavy atom. The SMILES string of the molecule is CCSC1=C(c2ccccc2)C(=O)N(c2cccc(N(C)C)c2)C1=O. The number of anilines is 2. The fourth-order valence-electron chi connectivity index (χ4n) is 2.79. The molecule has 0 aromatic heterocycles. The lowest BCUT2D eigenvalue weighted by Gasteiger charge is -2.19. The quantitative estimate of drug-likeness (QED) is 0.768. The average Bonchev–Trinajstić information content (AvgIpc) is 2.86. The lowest BCUT2D eigenvalue weighted by Crippen LogP contribution is -2.31. The van der Waals surface area contributed by atoms with Gasteiger partial charge in [-0.15, -0.1) is 11.8 Å². The Balaban J connectivity index is 2.07. The summed E-state index contributed by atoms with van der Waals surface area (Å²) in [6.45, 7) is 1.98. The maximum Gasteiger partial charge on any atom is 0.272 e. The highest BCUT2D eigenvalue weighted by Gasteiger charge is 2.39. The van der Waals surface area contributed by atoms with Crippen LogP contribution in [-0.4, -0.2) is 31.7 Å². The Kier molecular flexibility index (Phi) is 4.95. The molecule has 0 fully saturated rings. The first-order valence-corrected chi connectivity index (χ1v) is 9.11. The molecule has 0 radical (unpaired) electrons. The van der Waals surface area contributed by atoms with E-state index in [0.29, 0.717) is 16.2 Å². The van der Waals surface area contributed by atoms with E-state index in [2.05, 4.69) is 0 Å². The van der Waals surface area contributed by atoms with Gasteiger partial charge in [0.1, 0.15) is 0 Å². The standard InChI is InChI=1S/C20H20N2O2S/c1-4-25-18-17(14-9-6-5-7-10-14)19(23)22(20(18)24)16-12-8-11-15(13-16)21(2)3/h5-13H,4H2,1-3H3. The summed E-state index contributed by atoms with van der Waals surface area (Å²) in [5, 5.41) is 0. The molecule has 0 N–H and O–H groups in total. The predicted octanol–water partition coefficient (Wildman–Crippen LogP) is 3.79. The second-order valence-corrected chi connectivity index (χ2v) is 7.14. The topological polar surface area (TPSA) is 40.6 Å². The summed E-state index contributed by atoms with van der Waals surface area (Å²) in [4.78, 5) is 29.8. The molecule has 0 saturated carbocycles. The molecule has 0 saturated heterocycles. The first-order chi connectivity index (χ1) is 12.0. The molecule has 25 heavy (non-hydrogen) atoms. The highest BCUT2D eigenvalue weighted by Crippen LogP contribution is 2.38. The lowest BCUT2D eigenvalue weighted by molar-refractivity contribution is -0.119. The average molecular weight is 352 g/mol. The van der Waals surface area contributed by atoms with E-state index in [4.69, 9.17) is 0 Å². The summed E-state index contributed by atoms with van der Waals surface area (Å²) in [6, 6.07) is 16.9. The van der Waals surface area contributed by atoms with Gasteiger partial charge in [-0.3, -0.25) is 9.59 Å². The van der Waals surface area contributed by atoms with Crippen LogP contribution < -0.4 is 9.80 Å². The maximum atomic E-state index is 13.1. The van der Waals surface area contributed by atoms with Gasteiger partial charge in [0.05, 0.1) is 16.2 Å². The normalized spacial score (nSPS) is 14.4. The smallest absolute Gasteiger partial charge is 0.272 e. The van der Waals surface area contributed by atoms with E-state index in [0.717, 1.165) is 17.0 Å². The number of rotatable bonds is 5. The monoisotopic (exact) mass is 352 g/mol. The van der Waals surface area contributed by atoms with Gasteiger partial charge in [0.25, 0.3) is 11.8 Å². The summed E-state index contributed by atoms with van der Waals surface area (Å²) in [6.07, 6.45) is 0. The second-order valence-electron chi connectivity index (χ2n) is 5.86. The summed E-state index contributed by atoms with van der Waals surface area (Å²) < 4.78 is 0. The van der Waals surface area contributed by atoms with Crippen molar-refractivity contribution in [2.75, 3.05) is 29.6 Å². The van der Waals surface area contributed by atoms with Crippen molar-refractivity contribution >= 4 is 40.5 Å². The third-order valence-electron chi connectivity index (χ3n) is 4.00. The molecule has 5 heteroatoms. The zero-order chi connectivity index (χ0) is 18.0. The molecule has 1 heterocycles. The molecule has 1 aliphatic heterocycles. The van der Waals surface area contributed by atoms with Gasteiger partial charge in [0, 0.05) is 19.8 Å². The van der Waals surface area contributed by atoms with Crippen LogP contribution in [0, 0.1) is 0 Å². The minimum Gasteiger partial charge on any atom is -0.378 e. The minimum absolute atomic E-state index is 0.244. The van der Waals surface area contributed by atoms with E-state index in [9.17, 15) is 9.59 Å². The molecule has 0 atom stereocenters. The van der Waals surface area contributed by atoms with E-state index >= 15 is 0 Å². The van der Waals surface area contributed by atoms with Crippen molar-refractivity contribution in [3.05, 3.63) is 65.1 Å². The number of carbonyl (C=O) groups excluding carboxylic acids is 2. The van der Waals surface area contributed by atoms with Crippen molar-refractivity contribution in [1.82, 2.24) is 0 Å². The Bertz CT molecular complexity index is 844. The van der Waals surface area contributed by atoms with Crippen molar-refractivity contribution in [2.45, 2.75) is 6.92 Å². The van der Waals surface area contributed by atoms with Gasteiger partial charge < -0.3 is 4.90 Å². The maximum absolute atomic E-state index is 13.1. The van der Waals surface area contributed by atoms with Crippen molar-refractivity contribution in [3.63, 3.8) is 0 Å². The number of carbonyl (C=O) groups is 2. The summed E-state index contributed by atoms with van der Waals surface area (Å²) >= 11 is 1.42. The fraction of sp³-hybridized carbons (Fsp3) is 0.200. The third-order valence-corrected chi connectivity index (χ3v) is 4.95. The number of hydrogen-bond donors (Lipinski definition) is 0. The molecule has 4 nitrogen and oxygen atoms in total. The molecular formula is C20H20N2O2S. The fourth-order valence-corrected chi connectivity index (χ4v) is 3.64.